The molecule has 1 aliphatic rings. The quantitative estimate of drug-likeness (QED) is 0.311. The average molecular weight is 584 g/mol. The molecule has 0 aliphatic heterocycles. The fraction of sp³-hybridized carbons (Fsp3) is 0.484. The van der Waals surface area contributed by atoms with Crippen LogP contribution in [0.2, 0.25) is 0 Å². The minimum atomic E-state index is -1.14. The molecule has 1 aliphatic carbocycles. The number of benzene rings is 1. The zero-order valence-electron chi connectivity index (χ0n) is 25.4. The number of fused-ring (bicyclic) bond motifs is 3. The van der Waals surface area contributed by atoms with Gasteiger partial charge in [0, 0.05) is 12.5 Å². The highest BCUT2D eigenvalue weighted by Crippen LogP contribution is 2.50. The van der Waals surface area contributed by atoms with Gasteiger partial charge in [-0.3, -0.25) is 14.4 Å². The lowest BCUT2D eigenvalue weighted by Gasteiger charge is -2.25. The maximum atomic E-state index is 13.7. The molecule has 0 bridgehead atoms. The highest BCUT2D eigenvalue weighted by molar-refractivity contribution is 5.89. The standard InChI is InChI=1S/C31H41N3O8/c1-15(2)26(30(37)34-27(16(3)4)31(38)39)33-22-12-10-19-20(14-23(22)36)21(32-17(5)35)11-9-18-13-24(40-6)28(41-7)29(42-8)25(18)19/h10,12-16,21,26-27H,9,11H2,1-8H3,(H,32,35)(H,33,36)(H,34,37)(H,38,39). The van der Waals surface area contributed by atoms with Crippen molar-refractivity contribution in [3.05, 3.63) is 45.6 Å². The predicted octanol–water partition coefficient (Wildman–Crippen LogP) is 3.52. The number of hydrogen-bond donors (Lipinski definition) is 4. The summed E-state index contributed by atoms with van der Waals surface area (Å²) in [6, 6.07) is 4.24. The molecule has 42 heavy (non-hydrogen) atoms. The Morgan fingerprint density at radius 1 is 0.929 bits per heavy atom. The molecule has 3 atom stereocenters. The molecule has 4 N–H and O–H groups in total. The van der Waals surface area contributed by atoms with Crippen molar-refractivity contribution in [2.45, 2.75) is 65.6 Å². The highest BCUT2D eigenvalue weighted by atomic mass is 16.5. The van der Waals surface area contributed by atoms with Crippen LogP contribution in [0.5, 0.6) is 17.2 Å². The van der Waals surface area contributed by atoms with Gasteiger partial charge in [0.15, 0.2) is 11.5 Å². The average Bonchev–Trinajstić information content (AvgIpc) is 3.16. The second-order valence-electron chi connectivity index (χ2n) is 11.0. The van der Waals surface area contributed by atoms with Gasteiger partial charge in [0.2, 0.25) is 23.0 Å². The minimum absolute atomic E-state index is 0.149. The van der Waals surface area contributed by atoms with Gasteiger partial charge < -0.3 is 35.3 Å². The van der Waals surface area contributed by atoms with Crippen molar-refractivity contribution in [3.63, 3.8) is 0 Å². The molecule has 0 fully saturated rings. The van der Waals surface area contributed by atoms with Crippen molar-refractivity contribution in [2.75, 3.05) is 26.6 Å². The van der Waals surface area contributed by atoms with Crippen LogP contribution in [0.4, 0.5) is 5.69 Å². The van der Waals surface area contributed by atoms with E-state index in [1.54, 1.807) is 39.8 Å². The van der Waals surface area contributed by atoms with Gasteiger partial charge in [-0.25, -0.2) is 4.79 Å². The van der Waals surface area contributed by atoms with Crippen LogP contribution in [0, 0.1) is 11.8 Å². The van der Waals surface area contributed by atoms with Crippen molar-refractivity contribution in [1.29, 1.82) is 0 Å². The van der Waals surface area contributed by atoms with Gasteiger partial charge in [-0.2, -0.15) is 0 Å². The summed E-state index contributed by atoms with van der Waals surface area (Å²) in [5.74, 6) is -1.21. The van der Waals surface area contributed by atoms with E-state index < -0.39 is 35.4 Å². The van der Waals surface area contributed by atoms with Gasteiger partial charge in [-0.1, -0.05) is 33.8 Å². The Kier molecular flexibility index (Phi) is 10.4. The summed E-state index contributed by atoms with van der Waals surface area (Å²) >= 11 is 0. The molecule has 3 rings (SSSR count). The van der Waals surface area contributed by atoms with Crippen LogP contribution in [-0.4, -0.2) is 56.3 Å². The molecular formula is C31H41N3O8. The first-order valence-corrected chi connectivity index (χ1v) is 13.9. The molecule has 2 aromatic rings. The number of amides is 2. The summed E-state index contributed by atoms with van der Waals surface area (Å²) < 4.78 is 17.0. The van der Waals surface area contributed by atoms with Crippen molar-refractivity contribution >= 4 is 23.5 Å². The van der Waals surface area contributed by atoms with E-state index in [9.17, 15) is 24.3 Å². The van der Waals surface area contributed by atoms with Crippen molar-refractivity contribution in [3.8, 4) is 28.4 Å². The molecule has 0 aromatic heterocycles. The Hall–Kier alpha value is -4.28. The van der Waals surface area contributed by atoms with Crippen LogP contribution in [0.25, 0.3) is 11.1 Å². The second-order valence-corrected chi connectivity index (χ2v) is 11.0. The minimum Gasteiger partial charge on any atom is -0.493 e. The van der Waals surface area contributed by atoms with Crippen molar-refractivity contribution < 1.29 is 33.7 Å². The number of aryl methyl sites for hydroxylation is 1. The number of anilines is 1. The molecule has 0 saturated carbocycles. The number of carboxylic acid groups (broad SMARTS) is 1. The largest absolute Gasteiger partial charge is 0.493 e. The zero-order valence-corrected chi connectivity index (χ0v) is 25.4. The fourth-order valence-corrected chi connectivity index (χ4v) is 5.29. The lowest BCUT2D eigenvalue weighted by Crippen LogP contribution is -2.51. The van der Waals surface area contributed by atoms with Crippen LogP contribution in [-0.2, 0) is 20.8 Å². The molecule has 0 spiro atoms. The van der Waals surface area contributed by atoms with Gasteiger partial charge in [0.1, 0.15) is 12.1 Å². The van der Waals surface area contributed by atoms with E-state index in [1.807, 2.05) is 6.07 Å². The van der Waals surface area contributed by atoms with Crippen LogP contribution >= 0.6 is 0 Å². The molecule has 2 aromatic carbocycles. The topological polar surface area (TPSA) is 152 Å². The Morgan fingerprint density at radius 2 is 1.57 bits per heavy atom. The molecule has 3 unspecified atom stereocenters. The molecule has 0 saturated heterocycles. The SMILES string of the molecule is COc1cc2c(c(OC)c1OC)-c1ccc(NC(C(=O)NC(C(=O)O)C(C)C)C(C)C)c(=O)cc1C(NC(C)=O)CC2. The van der Waals surface area contributed by atoms with Gasteiger partial charge >= 0.3 is 5.97 Å². The number of carbonyl (C=O) groups is 3. The first kappa shape index (κ1) is 32.2. The Labute approximate surface area is 245 Å². The number of hydrogen-bond acceptors (Lipinski definition) is 8. The van der Waals surface area contributed by atoms with Gasteiger partial charge in [-0.05, 0) is 59.6 Å². The monoisotopic (exact) mass is 583 g/mol. The summed E-state index contributed by atoms with van der Waals surface area (Å²) in [5, 5.41) is 18.2. The maximum Gasteiger partial charge on any atom is 0.326 e. The summed E-state index contributed by atoms with van der Waals surface area (Å²) in [7, 11) is 4.57. The third-order valence-electron chi connectivity index (χ3n) is 7.41. The molecule has 0 heterocycles. The normalized spacial score (nSPS) is 15.4. The predicted molar refractivity (Wildman–Crippen MR) is 159 cm³/mol. The lowest BCUT2D eigenvalue weighted by atomic mass is 9.95. The van der Waals surface area contributed by atoms with Crippen LogP contribution < -0.4 is 35.6 Å². The van der Waals surface area contributed by atoms with Crippen LogP contribution in [0.3, 0.4) is 0 Å². The Bertz CT molecular complexity index is 1410. The van der Waals surface area contributed by atoms with Gasteiger partial charge in [0.05, 0.1) is 33.1 Å². The summed E-state index contributed by atoms with van der Waals surface area (Å²) in [6.07, 6.45) is 1.07. The highest BCUT2D eigenvalue weighted by Gasteiger charge is 2.31. The van der Waals surface area contributed by atoms with Crippen molar-refractivity contribution in [2.24, 2.45) is 11.8 Å². The lowest BCUT2D eigenvalue weighted by molar-refractivity contribution is -0.143. The molecule has 228 valence electrons. The van der Waals surface area contributed by atoms with E-state index in [4.69, 9.17) is 14.2 Å². The molecule has 2 amide bonds. The molecule has 11 nitrogen and oxygen atoms in total. The second kappa shape index (κ2) is 13.6. The van der Waals surface area contributed by atoms with E-state index in [-0.39, 0.29) is 23.4 Å². The Balaban J connectivity index is 2.21. The first-order valence-electron chi connectivity index (χ1n) is 13.9. The Morgan fingerprint density at radius 3 is 2.10 bits per heavy atom. The van der Waals surface area contributed by atoms with Crippen LogP contribution in [0.15, 0.2) is 29.1 Å². The number of carbonyl (C=O) groups excluding carboxylic acids is 2. The molecule has 11 heteroatoms. The summed E-state index contributed by atoms with van der Waals surface area (Å²) in [4.78, 5) is 50.8. The van der Waals surface area contributed by atoms with E-state index >= 15 is 0 Å². The number of rotatable bonds is 11. The third kappa shape index (κ3) is 6.78. The van der Waals surface area contributed by atoms with E-state index in [2.05, 4.69) is 16.0 Å². The summed E-state index contributed by atoms with van der Waals surface area (Å²) in [5.41, 5.74) is 2.59. The number of nitrogens with one attached hydrogen (secondary N) is 3. The summed E-state index contributed by atoms with van der Waals surface area (Å²) in [6.45, 7) is 8.45. The fourth-order valence-electron chi connectivity index (χ4n) is 5.29. The zero-order chi connectivity index (χ0) is 31.3. The maximum absolute atomic E-state index is 13.7. The number of carboxylic acids is 1. The van der Waals surface area contributed by atoms with Gasteiger partial charge in [-0.15, -0.1) is 0 Å². The van der Waals surface area contributed by atoms with Gasteiger partial charge in [0.25, 0.3) is 0 Å². The third-order valence-corrected chi connectivity index (χ3v) is 7.41. The number of aliphatic carboxylic acids is 1. The molecular weight excluding hydrogens is 542 g/mol. The van der Waals surface area contributed by atoms with E-state index in [1.165, 1.54) is 34.3 Å². The smallest absolute Gasteiger partial charge is 0.326 e. The molecule has 0 radical (unpaired) electrons. The van der Waals surface area contributed by atoms with E-state index in [0.717, 1.165) is 5.56 Å². The van der Waals surface area contributed by atoms with Crippen molar-refractivity contribution in [1.82, 2.24) is 10.6 Å². The number of ether oxygens (including phenoxy) is 3. The van der Waals surface area contributed by atoms with E-state index in [0.29, 0.717) is 46.8 Å². The first-order chi connectivity index (χ1) is 19.8. The van der Waals surface area contributed by atoms with Crippen LogP contribution in [0.1, 0.15) is 58.2 Å². The number of methoxy groups -OCH3 is 3.